The molecule has 0 radical (unpaired) electrons. The number of pyridine rings is 1. The zero-order valence-corrected chi connectivity index (χ0v) is 12.5. The summed E-state index contributed by atoms with van der Waals surface area (Å²) in [7, 11) is 0. The molecule has 2 N–H and O–H groups in total. The highest BCUT2D eigenvalue weighted by Gasteiger charge is 2.26. The Bertz CT molecular complexity index is 565. The lowest BCUT2D eigenvalue weighted by molar-refractivity contribution is 0.353. The Morgan fingerprint density at radius 1 is 1.37 bits per heavy atom. The van der Waals surface area contributed by atoms with Gasteiger partial charge in [-0.2, -0.15) is 0 Å². The second-order valence-electron chi connectivity index (χ2n) is 6.25. The molecule has 0 aliphatic carbocycles. The van der Waals surface area contributed by atoms with E-state index in [1.165, 1.54) is 0 Å². The van der Waals surface area contributed by atoms with Crippen molar-refractivity contribution in [1.82, 2.24) is 14.5 Å². The average Bonchev–Trinajstić information content (AvgIpc) is 2.75. The van der Waals surface area contributed by atoms with Crippen LogP contribution in [0.5, 0.6) is 0 Å². The molecule has 2 unspecified atom stereocenters. The molecule has 0 aliphatic heterocycles. The van der Waals surface area contributed by atoms with Gasteiger partial charge in [0.1, 0.15) is 11.3 Å². The second-order valence-corrected chi connectivity index (χ2v) is 6.25. The van der Waals surface area contributed by atoms with Gasteiger partial charge in [0.05, 0.1) is 17.8 Å². The van der Waals surface area contributed by atoms with Crippen molar-refractivity contribution in [2.24, 2.45) is 11.7 Å². The van der Waals surface area contributed by atoms with E-state index in [1.807, 2.05) is 18.5 Å². The van der Waals surface area contributed by atoms with Crippen LogP contribution in [0.2, 0.25) is 0 Å². The molecule has 0 aromatic carbocycles. The number of hydrogen-bond donors (Lipinski definition) is 1. The molecule has 2 atom stereocenters. The Morgan fingerprint density at radius 3 is 2.63 bits per heavy atom. The van der Waals surface area contributed by atoms with Gasteiger partial charge in [-0.05, 0) is 32.8 Å². The van der Waals surface area contributed by atoms with Gasteiger partial charge in [-0.25, -0.2) is 4.98 Å². The van der Waals surface area contributed by atoms with Crippen molar-refractivity contribution in [3.63, 3.8) is 0 Å². The molecule has 0 saturated carbocycles. The van der Waals surface area contributed by atoms with Gasteiger partial charge in [0, 0.05) is 11.7 Å². The first kappa shape index (κ1) is 14.0. The molecular formula is C15H24N4. The van der Waals surface area contributed by atoms with Gasteiger partial charge in [-0.15, -0.1) is 0 Å². The zero-order valence-electron chi connectivity index (χ0n) is 12.5. The summed E-state index contributed by atoms with van der Waals surface area (Å²) in [5.41, 5.74) is 8.39. The van der Waals surface area contributed by atoms with Crippen molar-refractivity contribution >= 4 is 11.0 Å². The highest BCUT2D eigenvalue weighted by atomic mass is 15.2. The van der Waals surface area contributed by atoms with Crippen LogP contribution in [0.3, 0.4) is 0 Å². The third-order valence-corrected chi connectivity index (χ3v) is 3.71. The molecular weight excluding hydrogens is 236 g/mol. The Morgan fingerprint density at radius 2 is 2.05 bits per heavy atom. The average molecular weight is 260 g/mol. The summed E-state index contributed by atoms with van der Waals surface area (Å²) in [5.74, 6) is 1.37. The van der Waals surface area contributed by atoms with Gasteiger partial charge in [0.25, 0.3) is 0 Å². The molecule has 0 aliphatic rings. The van der Waals surface area contributed by atoms with Crippen LogP contribution in [0.1, 0.15) is 52.9 Å². The molecule has 0 fully saturated rings. The van der Waals surface area contributed by atoms with Crippen molar-refractivity contribution in [3.05, 3.63) is 24.3 Å². The Kier molecular flexibility index (Phi) is 3.63. The summed E-state index contributed by atoms with van der Waals surface area (Å²) in [6, 6.07) is 1.97. The third-order valence-electron chi connectivity index (χ3n) is 3.71. The number of fused-ring (bicyclic) bond motifs is 1. The summed E-state index contributed by atoms with van der Waals surface area (Å²) < 4.78 is 2.25. The molecule has 4 heteroatoms. The van der Waals surface area contributed by atoms with Crippen LogP contribution in [0, 0.1) is 5.92 Å². The van der Waals surface area contributed by atoms with E-state index in [-0.39, 0.29) is 11.6 Å². The minimum Gasteiger partial charge on any atom is -0.321 e. The minimum atomic E-state index is -0.0451. The van der Waals surface area contributed by atoms with E-state index in [4.69, 9.17) is 10.7 Å². The van der Waals surface area contributed by atoms with E-state index in [0.717, 1.165) is 23.3 Å². The number of nitrogens with two attached hydrogens (primary N) is 1. The molecule has 0 bridgehead atoms. The SMILES string of the molecule is CCC(C)C(N)c1nc2cnccc2n1C(C)(C)C. The number of nitrogens with zero attached hydrogens (tertiary/aromatic N) is 3. The molecule has 19 heavy (non-hydrogen) atoms. The largest absolute Gasteiger partial charge is 0.321 e. The summed E-state index contributed by atoms with van der Waals surface area (Å²) in [6.45, 7) is 10.9. The maximum Gasteiger partial charge on any atom is 0.127 e. The molecule has 2 rings (SSSR count). The van der Waals surface area contributed by atoms with E-state index in [9.17, 15) is 0 Å². The lowest BCUT2D eigenvalue weighted by Gasteiger charge is -2.28. The van der Waals surface area contributed by atoms with Gasteiger partial charge < -0.3 is 10.3 Å². The second kappa shape index (κ2) is 4.93. The standard InChI is InChI=1S/C15H24N4/c1-6-10(2)13(16)14-18-11-9-17-8-7-12(11)19(14)15(3,4)5/h7-10,13H,6,16H2,1-5H3. The van der Waals surface area contributed by atoms with Crippen LogP contribution >= 0.6 is 0 Å². The number of rotatable bonds is 3. The normalized spacial score (nSPS) is 15.7. The van der Waals surface area contributed by atoms with Crippen LogP contribution in [-0.4, -0.2) is 14.5 Å². The van der Waals surface area contributed by atoms with E-state index in [0.29, 0.717) is 5.92 Å². The van der Waals surface area contributed by atoms with Gasteiger partial charge in [0.15, 0.2) is 0 Å². The fraction of sp³-hybridized carbons (Fsp3) is 0.600. The van der Waals surface area contributed by atoms with Crippen molar-refractivity contribution in [2.75, 3.05) is 0 Å². The number of aromatic nitrogens is 3. The summed E-state index contributed by atoms with van der Waals surface area (Å²) >= 11 is 0. The minimum absolute atomic E-state index is 0.0448. The summed E-state index contributed by atoms with van der Waals surface area (Å²) in [5, 5.41) is 0. The maximum atomic E-state index is 6.41. The van der Waals surface area contributed by atoms with Gasteiger partial charge >= 0.3 is 0 Å². The van der Waals surface area contributed by atoms with E-state index >= 15 is 0 Å². The Hall–Kier alpha value is -1.42. The molecule has 2 heterocycles. The highest BCUT2D eigenvalue weighted by Crippen LogP contribution is 2.30. The van der Waals surface area contributed by atoms with Crippen molar-refractivity contribution < 1.29 is 0 Å². The van der Waals surface area contributed by atoms with Crippen LogP contribution in [0.25, 0.3) is 11.0 Å². The van der Waals surface area contributed by atoms with Crippen molar-refractivity contribution in [3.8, 4) is 0 Å². The predicted octanol–water partition coefficient (Wildman–Crippen LogP) is 3.23. The van der Waals surface area contributed by atoms with E-state index < -0.39 is 0 Å². The lowest BCUT2D eigenvalue weighted by Crippen LogP contribution is -2.30. The van der Waals surface area contributed by atoms with Gasteiger partial charge in [-0.1, -0.05) is 20.3 Å². The smallest absolute Gasteiger partial charge is 0.127 e. The monoisotopic (exact) mass is 260 g/mol. The molecule has 0 amide bonds. The third kappa shape index (κ3) is 2.50. The fourth-order valence-corrected chi connectivity index (χ4v) is 2.39. The fourth-order valence-electron chi connectivity index (χ4n) is 2.39. The number of hydrogen-bond acceptors (Lipinski definition) is 3. The van der Waals surface area contributed by atoms with Gasteiger partial charge in [-0.3, -0.25) is 4.98 Å². The maximum absolute atomic E-state index is 6.41. The van der Waals surface area contributed by atoms with Crippen LogP contribution in [0.15, 0.2) is 18.5 Å². The van der Waals surface area contributed by atoms with Crippen molar-refractivity contribution in [1.29, 1.82) is 0 Å². The summed E-state index contributed by atoms with van der Waals surface area (Å²) in [6.07, 6.45) is 4.67. The first-order chi connectivity index (χ1) is 8.86. The first-order valence-electron chi connectivity index (χ1n) is 6.94. The van der Waals surface area contributed by atoms with Crippen molar-refractivity contribution in [2.45, 2.75) is 52.6 Å². The number of imidazole rings is 1. The quantitative estimate of drug-likeness (QED) is 0.921. The van der Waals surface area contributed by atoms with Crippen LogP contribution in [-0.2, 0) is 5.54 Å². The highest BCUT2D eigenvalue weighted by molar-refractivity contribution is 5.75. The Balaban J connectivity index is 2.66. The van der Waals surface area contributed by atoms with Crippen LogP contribution < -0.4 is 5.73 Å². The lowest BCUT2D eigenvalue weighted by atomic mass is 9.98. The summed E-state index contributed by atoms with van der Waals surface area (Å²) in [4.78, 5) is 8.88. The molecule has 2 aromatic rings. The topological polar surface area (TPSA) is 56.7 Å². The Labute approximate surface area is 115 Å². The molecule has 104 valence electrons. The van der Waals surface area contributed by atoms with E-state index in [2.05, 4.69) is 44.2 Å². The molecule has 4 nitrogen and oxygen atoms in total. The zero-order chi connectivity index (χ0) is 14.2. The van der Waals surface area contributed by atoms with Gasteiger partial charge in [0.2, 0.25) is 0 Å². The van der Waals surface area contributed by atoms with E-state index in [1.54, 1.807) is 0 Å². The van der Waals surface area contributed by atoms with Crippen LogP contribution in [0.4, 0.5) is 0 Å². The predicted molar refractivity (Wildman–Crippen MR) is 78.9 cm³/mol. The molecule has 0 saturated heterocycles. The molecule has 2 aromatic heterocycles. The first-order valence-corrected chi connectivity index (χ1v) is 6.94. The molecule has 0 spiro atoms.